The van der Waals surface area contributed by atoms with E-state index in [-0.39, 0.29) is 17.7 Å². The van der Waals surface area contributed by atoms with E-state index in [9.17, 15) is 32.4 Å². The molecule has 0 spiro atoms. The molecular formula is C28H46N6O7S. The average Bonchev–Trinajstić information content (AvgIpc) is 3.60. The Labute approximate surface area is 247 Å². The lowest BCUT2D eigenvalue weighted by atomic mass is 9.70. The number of sulfonamides is 1. The van der Waals surface area contributed by atoms with Crippen LogP contribution < -0.4 is 26.4 Å². The van der Waals surface area contributed by atoms with E-state index >= 15 is 0 Å². The summed E-state index contributed by atoms with van der Waals surface area (Å²) in [5.41, 5.74) is -1.57. The number of carbonyl (C=O) groups excluding carboxylic acids is 5. The van der Waals surface area contributed by atoms with Gasteiger partial charge in [-0.05, 0) is 56.8 Å². The van der Waals surface area contributed by atoms with Crippen molar-refractivity contribution < 1.29 is 32.4 Å². The van der Waals surface area contributed by atoms with Crippen molar-refractivity contribution in [3.63, 3.8) is 0 Å². The molecule has 3 saturated carbocycles. The number of hydrogen-bond acceptors (Lipinski definition) is 7. The highest BCUT2D eigenvalue weighted by molar-refractivity contribution is 7.89. The smallest absolute Gasteiger partial charge is 0.315 e. The van der Waals surface area contributed by atoms with Gasteiger partial charge in [0.1, 0.15) is 12.1 Å². The Kier molecular flexibility index (Phi) is 10.2. The Balaban J connectivity index is 1.46. The van der Waals surface area contributed by atoms with Gasteiger partial charge in [-0.1, -0.05) is 45.4 Å². The molecule has 0 aromatic carbocycles. The molecule has 6 N–H and O–H groups in total. The summed E-state index contributed by atoms with van der Waals surface area (Å²) in [4.78, 5) is 66.3. The number of likely N-dealkylation sites (tertiary alicyclic amines) is 1. The van der Waals surface area contributed by atoms with Crippen LogP contribution in [-0.2, 0) is 29.2 Å². The van der Waals surface area contributed by atoms with Crippen LogP contribution in [0.3, 0.4) is 0 Å². The van der Waals surface area contributed by atoms with Crippen molar-refractivity contribution in [2.24, 2.45) is 10.6 Å². The summed E-state index contributed by atoms with van der Waals surface area (Å²) >= 11 is 0. The second kappa shape index (κ2) is 13.3. The highest BCUT2D eigenvalue weighted by Gasteiger charge is 2.47. The molecule has 5 amide bonds. The van der Waals surface area contributed by atoms with Gasteiger partial charge in [0.2, 0.25) is 27.6 Å². The van der Waals surface area contributed by atoms with Gasteiger partial charge in [0, 0.05) is 12.6 Å². The third kappa shape index (κ3) is 8.42. The molecule has 0 radical (unpaired) electrons. The molecule has 42 heavy (non-hydrogen) atoms. The number of nitrogens with one attached hydrogen (secondary N) is 4. The fourth-order valence-electron chi connectivity index (χ4n) is 6.84. The molecule has 4 rings (SSSR count). The monoisotopic (exact) mass is 610 g/mol. The zero-order valence-electron chi connectivity index (χ0n) is 24.5. The third-order valence-corrected chi connectivity index (χ3v) is 10.3. The first-order valence-corrected chi connectivity index (χ1v) is 17.0. The van der Waals surface area contributed by atoms with E-state index < -0.39 is 63.2 Å². The number of ketones is 1. The highest BCUT2D eigenvalue weighted by Crippen LogP contribution is 2.40. The number of rotatable bonds is 11. The topological polar surface area (TPSA) is 197 Å². The molecular weight excluding hydrogens is 564 g/mol. The number of primary sulfonamides is 1. The van der Waals surface area contributed by atoms with E-state index in [1.54, 1.807) is 0 Å². The molecule has 1 heterocycles. The molecule has 3 aliphatic carbocycles. The first-order valence-electron chi connectivity index (χ1n) is 15.3. The number of nitrogens with two attached hydrogens (primary N) is 1. The van der Waals surface area contributed by atoms with Crippen molar-refractivity contribution >= 4 is 39.6 Å². The van der Waals surface area contributed by atoms with Crippen molar-refractivity contribution in [1.82, 2.24) is 26.2 Å². The van der Waals surface area contributed by atoms with Crippen LogP contribution in [0.25, 0.3) is 0 Å². The predicted octanol–water partition coefficient (Wildman–Crippen LogP) is 0.571. The number of carbonyl (C=O) groups is 5. The molecule has 0 bridgehead atoms. The molecule has 4 aliphatic rings. The molecule has 0 unspecified atom stereocenters. The van der Waals surface area contributed by atoms with Crippen LogP contribution >= 0.6 is 0 Å². The van der Waals surface area contributed by atoms with Crippen LogP contribution in [-0.4, -0.2) is 85.4 Å². The summed E-state index contributed by atoms with van der Waals surface area (Å²) < 4.78 is 24.1. The maximum atomic E-state index is 14.1. The van der Waals surface area contributed by atoms with Gasteiger partial charge in [0.05, 0.1) is 17.8 Å². The largest absolute Gasteiger partial charge is 0.347 e. The Morgan fingerprint density at radius 3 is 2.12 bits per heavy atom. The van der Waals surface area contributed by atoms with Crippen LogP contribution in [0.1, 0.15) is 96.8 Å². The Hall–Kier alpha value is -2.74. The zero-order valence-corrected chi connectivity index (χ0v) is 25.4. The minimum absolute atomic E-state index is 0.0237. The molecule has 14 heteroatoms. The molecule has 1 aliphatic heterocycles. The molecule has 1 saturated heterocycles. The Morgan fingerprint density at radius 2 is 1.52 bits per heavy atom. The van der Waals surface area contributed by atoms with Gasteiger partial charge in [0.25, 0.3) is 5.91 Å². The minimum Gasteiger partial charge on any atom is -0.347 e. The Morgan fingerprint density at radius 1 is 0.905 bits per heavy atom. The number of urea groups is 1. The predicted molar refractivity (Wildman–Crippen MR) is 154 cm³/mol. The third-order valence-electron chi connectivity index (χ3n) is 9.31. The summed E-state index contributed by atoms with van der Waals surface area (Å²) in [5, 5.41) is 16.3. The lowest BCUT2D eigenvalue weighted by Crippen LogP contribution is -2.64. The van der Waals surface area contributed by atoms with Gasteiger partial charge < -0.3 is 26.2 Å². The van der Waals surface area contributed by atoms with Crippen molar-refractivity contribution in [3.05, 3.63) is 0 Å². The van der Waals surface area contributed by atoms with Gasteiger partial charge in [-0.3, -0.25) is 19.2 Å². The molecule has 13 nitrogen and oxygen atoms in total. The van der Waals surface area contributed by atoms with Gasteiger partial charge in [-0.25, -0.2) is 18.4 Å². The second-order valence-electron chi connectivity index (χ2n) is 13.0. The van der Waals surface area contributed by atoms with Crippen LogP contribution in [0.2, 0.25) is 0 Å². The number of hydrogen-bond donors (Lipinski definition) is 5. The summed E-state index contributed by atoms with van der Waals surface area (Å²) in [6.07, 6.45) is 10.3. The molecule has 0 aromatic heterocycles. The van der Waals surface area contributed by atoms with Crippen molar-refractivity contribution in [2.75, 3.05) is 18.8 Å². The number of nitrogens with zero attached hydrogens (tertiary/aromatic N) is 1. The SMILES string of the molecule is CC1([C@H](NC(=O)NC2(CS(N)(=O)=O)CCCCC2)C(=O)N2CCC[C@H]2C(=O)NCC(=O)C(=O)NC2CC2)CCCCC1. The summed E-state index contributed by atoms with van der Waals surface area (Å²) in [6.45, 7) is 1.83. The summed E-state index contributed by atoms with van der Waals surface area (Å²) in [5.74, 6) is -2.74. The van der Waals surface area contributed by atoms with Gasteiger partial charge in [-0.2, -0.15) is 0 Å². The molecule has 0 aromatic rings. The standard InChI is InChI=1S/C28H46N6O7S/c1-27(12-4-2-5-13-27)22(32-26(39)33-28(18-42(29,40)41)14-6-3-7-15-28)25(38)34-16-8-9-20(34)23(36)30-17-21(35)24(37)31-19-10-11-19/h19-20,22H,2-18H2,1H3,(H,30,36)(H,31,37)(H2,29,40,41)(H2,32,33,39)/t20-,22+/m0/s1. The van der Waals surface area contributed by atoms with Gasteiger partial charge in [-0.15, -0.1) is 0 Å². The van der Waals surface area contributed by atoms with E-state index in [0.717, 1.165) is 51.4 Å². The number of amides is 5. The van der Waals surface area contributed by atoms with E-state index in [0.29, 0.717) is 45.1 Å². The van der Waals surface area contributed by atoms with Gasteiger partial charge in [0.15, 0.2) is 0 Å². The fraction of sp³-hybridized carbons (Fsp3) is 0.821. The summed E-state index contributed by atoms with van der Waals surface area (Å²) in [6, 6.07) is -2.37. The van der Waals surface area contributed by atoms with E-state index in [4.69, 9.17) is 5.14 Å². The van der Waals surface area contributed by atoms with E-state index in [2.05, 4.69) is 21.3 Å². The first kappa shape index (κ1) is 32.2. The normalized spacial score (nSPS) is 24.2. The summed E-state index contributed by atoms with van der Waals surface area (Å²) in [7, 11) is -3.87. The quantitative estimate of drug-likeness (QED) is 0.211. The number of Topliss-reactive ketones (excluding diaryl/α,β-unsaturated/α-hetero) is 1. The van der Waals surface area contributed by atoms with E-state index in [1.807, 2.05) is 6.92 Å². The first-order chi connectivity index (χ1) is 19.8. The second-order valence-corrected chi connectivity index (χ2v) is 14.6. The van der Waals surface area contributed by atoms with Crippen LogP contribution in [0.5, 0.6) is 0 Å². The van der Waals surface area contributed by atoms with Crippen molar-refractivity contribution in [3.8, 4) is 0 Å². The zero-order chi connectivity index (χ0) is 30.5. The van der Waals surface area contributed by atoms with Crippen LogP contribution in [0.15, 0.2) is 0 Å². The Bertz CT molecular complexity index is 1160. The fourth-order valence-corrected chi connectivity index (χ4v) is 7.97. The average molecular weight is 611 g/mol. The lowest BCUT2D eigenvalue weighted by molar-refractivity contribution is -0.143. The molecule has 236 valence electrons. The van der Waals surface area contributed by atoms with Crippen LogP contribution in [0.4, 0.5) is 4.79 Å². The minimum atomic E-state index is -3.87. The van der Waals surface area contributed by atoms with E-state index in [1.165, 1.54) is 4.90 Å². The molecule has 4 fully saturated rings. The van der Waals surface area contributed by atoms with Crippen molar-refractivity contribution in [1.29, 1.82) is 0 Å². The lowest BCUT2D eigenvalue weighted by Gasteiger charge is -2.43. The molecule has 2 atom stereocenters. The van der Waals surface area contributed by atoms with Gasteiger partial charge >= 0.3 is 6.03 Å². The van der Waals surface area contributed by atoms with Crippen LogP contribution in [0, 0.1) is 5.41 Å². The van der Waals surface area contributed by atoms with Crippen molar-refractivity contribution in [2.45, 2.75) is 120 Å². The maximum Gasteiger partial charge on any atom is 0.315 e. The maximum absolute atomic E-state index is 14.1. The highest BCUT2D eigenvalue weighted by atomic mass is 32.2.